The van der Waals surface area contributed by atoms with Crippen molar-refractivity contribution >= 4 is 50.5 Å². The van der Waals surface area contributed by atoms with Crippen molar-refractivity contribution in [2.45, 2.75) is 12.8 Å². The maximum Gasteiger partial charge on any atom is 0.305 e. The lowest BCUT2D eigenvalue weighted by Crippen LogP contribution is -2.27. The Labute approximate surface area is 131 Å². The van der Waals surface area contributed by atoms with Crippen molar-refractivity contribution in [3.05, 3.63) is 27.0 Å². The van der Waals surface area contributed by atoms with Crippen molar-refractivity contribution in [3.63, 3.8) is 0 Å². The molecule has 0 fully saturated rings. The van der Waals surface area contributed by atoms with Crippen LogP contribution in [0.4, 0.5) is 0 Å². The van der Waals surface area contributed by atoms with Crippen LogP contribution >= 0.6 is 38.6 Å². The van der Waals surface area contributed by atoms with E-state index in [1.165, 1.54) is 11.3 Å². The van der Waals surface area contributed by atoms with Crippen molar-refractivity contribution in [1.82, 2.24) is 10.3 Å². The highest BCUT2D eigenvalue weighted by Crippen LogP contribution is 2.31. The molecule has 0 unspecified atom stereocenters. The summed E-state index contributed by atoms with van der Waals surface area (Å²) in [5.74, 6) is -1.14. The Bertz CT molecular complexity index is 624. The van der Waals surface area contributed by atoms with Crippen molar-refractivity contribution in [2.24, 2.45) is 0 Å². The number of hydrogen-bond acceptors (Lipinski definition) is 5. The number of thiophene rings is 1. The van der Waals surface area contributed by atoms with Gasteiger partial charge < -0.3 is 10.4 Å². The van der Waals surface area contributed by atoms with Crippen LogP contribution in [0.2, 0.25) is 0 Å². The second-order valence-corrected chi connectivity index (χ2v) is 6.63. The highest BCUT2D eigenvalue weighted by atomic mass is 79.9. The number of nitrogens with one attached hydrogen (secondary N) is 1. The smallest absolute Gasteiger partial charge is 0.305 e. The van der Waals surface area contributed by atoms with Crippen LogP contribution in [0, 0.1) is 0 Å². The lowest BCUT2D eigenvalue weighted by Gasteiger charge is -2.00. The number of aromatic nitrogens is 1. The normalized spacial score (nSPS) is 10.4. The number of carbonyl (C=O) groups excluding carboxylic acids is 1. The maximum absolute atomic E-state index is 11.6. The van der Waals surface area contributed by atoms with Crippen LogP contribution in [0.3, 0.4) is 0 Å². The second-order valence-electron chi connectivity index (χ2n) is 3.94. The molecule has 0 radical (unpaired) electrons. The first-order valence-electron chi connectivity index (χ1n) is 5.72. The summed E-state index contributed by atoms with van der Waals surface area (Å²) in [6.07, 6.45) is 0.0972. The van der Waals surface area contributed by atoms with Gasteiger partial charge in [0.2, 0.25) is 5.91 Å². The van der Waals surface area contributed by atoms with Crippen molar-refractivity contribution in [2.75, 3.05) is 6.54 Å². The summed E-state index contributed by atoms with van der Waals surface area (Å²) in [6.45, 7) is 0.142. The van der Waals surface area contributed by atoms with E-state index in [0.29, 0.717) is 5.69 Å². The number of thiazole rings is 1. The van der Waals surface area contributed by atoms with Crippen LogP contribution in [0.1, 0.15) is 12.1 Å². The first-order chi connectivity index (χ1) is 9.54. The van der Waals surface area contributed by atoms with E-state index in [-0.39, 0.29) is 25.3 Å². The third kappa shape index (κ3) is 4.39. The van der Waals surface area contributed by atoms with Gasteiger partial charge in [-0.1, -0.05) is 0 Å². The van der Waals surface area contributed by atoms with E-state index in [4.69, 9.17) is 5.11 Å². The van der Waals surface area contributed by atoms with Crippen LogP contribution in [0.15, 0.2) is 21.3 Å². The van der Waals surface area contributed by atoms with Crippen molar-refractivity contribution in [1.29, 1.82) is 0 Å². The number of aliphatic carboxylic acids is 1. The van der Waals surface area contributed by atoms with E-state index in [1.807, 2.05) is 16.8 Å². The van der Waals surface area contributed by atoms with E-state index in [9.17, 15) is 9.59 Å². The molecule has 2 heterocycles. The van der Waals surface area contributed by atoms with Gasteiger partial charge in [0.15, 0.2) is 0 Å². The number of carboxylic acids is 1. The summed E-state index contributed by atoms with van der Waals surface area (Å²) in [5, 5.41) is 15.7. The number of rotatable bonds is 6. The largest absolute Gasteiger partial charge is 0.481 e. The molecule has 8 heteroatoms. The summed E-state index contributed by atoms with van der Waals surface area (Å²) in [4.78, 5) is 27.4. The second kappa shape index (κ2) is 6.96. The van der Waals surface area contributed by atoms with Gasteiger partial charge in [-0.3, -0.25) is 9.59 Å². The summed E-state index contributed by atoms with van der Waals surface area (Å²) in [6, 6.07) is 1.99. The molecule has 0 saturated heterocycles. The quantitative estimate of drug-likeness (QED) is 0.814. The maximum atomic E-state index is 11.6. The van der Waals surface area contributed by atoms with Gasteiger partial charge in [-0.05, 0) is 22.0 Å². The SMILES string of the molecule is O=C(O)CCNC(=O)Cc1csc(-c2cc(Br)cs2)n1. The zero-order valence-electron chi connectivity index (χ0n) is 10.3. The molecule has 0 aliphatic carbocycles. The first kappa shape index (κ1) is 15.1. The predicted molar refractivity (Wildman–Crippen MR) is 82.1 cm³/mol. The van der Waals surface area contributed by atoms with Crippen LogP contribution in [0.5, 0.6) is 0 Å². The molecule has 0 spiro atoms. The minimum Gasteiger partial charge on any atom is -0.481 e. The summed E-state index contributed by atoms with van der Waals surface area (Å²) < 4.78 is 1.01. The molecule has 0 saturated carbocycles. The van der Waals surface area contributed by atoms with Crippen LogP contribution in [-0.2, 0) is 16.0 Å². The fourth-order valence-electron chi connectivity index (χ4n) is 1.46. The predicted octanol–water partition coefficient (Wildman–Crippen LogP) is 2.77. The van der Waals surface area contributed by atoms with Gasteiger partial charge in [0.25, 0.3) is 0 Å². The standard InChI is InChI=1S/C12H11BrN2O3S2/c13-7-3-9(19-5-7)12-15-8(6-20-12)4-10(16)14-2-1-11(17)18/h3,5-6H,1-2,4H2,(H,14,16)(H,17,18). The summed E-state index contributed by atoms with van der Waals surface area (Å²) in [7, 11) is 0. The van der Waals surface area contributed by atoms with Gasteiger partial charge in [0.1, 0.15) is 5.01 Å². The van der Waals surface area contributed by atoms with Crippen molar-refractivity contribution < 1.29 is 14.7 Å². The number of nitrogens with zero attached hydrogens (tertiary/aromatic N) is 1. The topological polar surface area (TPSA) is 79.3 Å². The van der Waals surface area contributed by atoms with Gasteiger partial charge in [-0.2, -0.15) is 0 Å². The number of carbonyl (C=O) groups is 2. The van der Waals surface area contributed by atoms with Gasteiger partial charge in [-0.25, -0.2) is 4.98 Å². The number of carboxylic acid groups (broad SMARTS) is 1. The highest BCUT2D eigenvalue weighted by molar-refractivity contribution is 9.10. The molecule has 2 aromatic heterocycles. The highest BCUT2D eigenvalue weighted by Gasteiger charge is 2.10. The molecule has 2 rings (SSSR count). The fraction of sp³-hybridized carbons (Fsp3) is 0.250. The zero-order valence-corrected chi connectivity index (χ0v) is 13.5. The lowest BCUT2D eigenvalue weighted by molar-refractivity contribution is -0.136. The zero-order chi connectivity index (χ0) is 14.5. The molecular weight excluding hydrogens is 364 g/mol. The molecular formula is C12H11BrN2O3S2. The monoisotopic (exact) mass is 374 g/mol. The van der Waals surface area contributed by atoms with Gasteiger partial charge in [-0.15, -0.1) is 22.7 Å². The number of hydrogen-bond donors (Lipinski definition) is 2. The van der Waals surface area contributed by atoms with Crippen molar-refractivity contribution in [3.8, 4) is 9.88 Å². The Morgan fingerprint density at radius 1 is 1.35 bits per heavy atom. The molecule has 20 heavy (non-hydrogen) atoms. The van der Waals surface area contributed by atoms with Gasteiger partial charge >= 0.3 is 5.97 Å². The van der Waals surface area contributed by atoms with E-state index in [2.05, 4.69) is 26.2 Å². The van der Waals surface area contributed by atoms with E-state index in [0.717, 1.165) is 14.4 Å². The summed E-state index contributed by atoms with van der Waals surface area (Å²) >= 11 is 6.47. The number of amides is 1. The van der Waals surface area contributed by atoms with E-state index >= 15 is 0 Å². The fourth-order valence-corrected chi connectivity index (χ4v) is 3.79. The van der Waals surface area contributed by atoms with E-state index < -0.39 is 5.97 Å². The molecule has 0 atom stereocenters. The molecule has 106 valence electrons. The van der Waals surface area contributed by atoms with Crippen LogP contribution in [0.25, 0.3) is 9.88 Å². The summed E-state index contributed by atoms with van der Waals surface area (Å²) in [5.41, 5.74) is 0.697. The molecule has 0 bridgehead atoms. The minimum atomic E-state index is -0.926. The molecule has 2 N–H and O–H groups in total. The minimum absolute atomic E-state index is 0.0721. The third-order valence-electron chi connectivity index (χ3n) is 2.33. The molecule has 0 aliphatic rings. The van der Waals surface area contributed by atoms with E-state index in [1.54, 1.807) is 11.3 Å². The average molecular weight is 375 g/mol. The molecule has 5 nitrogen and oxygen atoms in total. The Morgan fingerprint density at radius 2 is 2.15 bits per heavy atom. The average Bonchev–Trinajstić information content (AvgIpc) is 2.97. The van der Waals surface area contributed by atoms with Gasteiger partial charge in [0.05, 0.1) is 23.4 Å². The third-order valence-corrected chi connectivity index (χ3v) is 5.08. The Hall–Kier alpha value is -1.25. The first-order valence-corrected chi connectivity index (χ1v) is 8.27. The molecule has 0 aromatic carbocycles. The van der Waals surface area contributed by atoms with Crippen LogP contribution < -0.4 is 5.32 Å². The van der Waals surface area contributed by atoms with Gasteiger partial charge in [0, 0.05) is 21.8 Å². The molecule has 1 amide bonds. The Kier molecular flexibility index (Phi) is 5.27. The number of halogens is 1. The lowest BCUT2D eigenvalue weighted by atomic mass is 10.3. The van der Waals surface area contributed by atoms with Crippen LogP contribution in [-0.4, -0.2) is 28.5 Å². The molecule has 2 aromatic rings. The Morgan fingerprint density at radius 3 is 2.80 bits per heavy atom. The Balaban J connectivity index is 1.89. The molecule has 0 aliphatic heterocycles.